The van der Waals surface area contributed by atoms with Crippen molar-refractivity contribution in [3.05, 3.63) is 30.1 Å². The second-order valence-electron chi connectivity index (χ2n) is 7.53. The first-order valence-corrected chi connectivity index (χ1v) is 9.41. The van der Waals surface area contributed by atoms with E-state index >= 15 is 0 Å². The highest BCUT2D eigenvalue weighted by atomic mass is 16.2. The summed E-state index contributed by atoms with van der Waals surface area (Å²) >= 11 is 0. The Bertz CT molecular complexity index is 642. The minimum absolute atomic E-state index is 0.0380. The van der Waals surface area contributed by atoms with E-state index in [0.717, 1.165) is 32.4 Å². The topological polar surface area (TPSA) is 65.5 Å². The zero-order chi connectivity index (χ0) is 17.3. The van der Waals surface area contributed by atoms with Crippen molar-refractivity contribution >= 4 is 11.8 Å². The van der Waals surface area contributed by atoms with Gasteiger partial charge in [-0.15, -0.1) is 0 Å². The van der Waals surface area contributed by atoms with Gasteiger partial charge in [0.1, 0.15) is 5.69 Å². The summed E-state index contributed by atoms with van der Waals surface area (Å²) in [5, 5.41) is 3.45. The van der Waals surface area contributed by atoms with Gasteiger partial charge in [0.05, 0.1) is 5.41 Å². The third kappa shape index (κ3) is 2.92. The van der Waals surface area contributed by atoms with Gasteiger partial charge in [0.2, 0.25) is 5.91 Å². The number of nitrogens with zero attached hydrogens (tertiary/aromatic N) is 3. The van der Waals surface area contributed by atoms with E-state index in [4.69, 9.17) is 0 Å². The Morgan fingerprint density at radius 1 is 1.12 bits per heavy atom. The van der Waals surface area contributed by atoms with Crippen LogP contribution in [0.1, 0.15) is 36.2 Å². The van der Waals surface area contributed by atoms with Crippen LogP contribution in [0.25, 0.3) is 0 Å². The molecule has 1 aromatic rings. The Labute approximate surface area is 148 Å². The van der Waals surface area contributed by atoms with Crippen molar-refractivity contribution < 1.29 is 9.59 Å². The van der Waals surface area contributed by atoms with Crippen LogP contribution in [0, 0.1) is 11.3 Å². The highest BCUT2D eigenvalue weighted by Crippen LogP contribution is 2.45. The average molecular weight is 342 g/mol. The molecule has 0 spiro atoms. The highest BCUT2D eigenvalue weighted by Gasteiger charge is 2.51. The van der Waals surface area contributed by atoms with Crippen molar-refractivity contribution in [1.29, 1.82) is 0 Å². The first-order valence-electron chi connectivity index (χ1n) is 9.41. The number of nitrogens with one attached hydrogen (secondary N) is 1. The molecule has 2 saturated heterocycles. The van der Waals surface area contributed by atoms with Gasteiger partial charge in [-0.05, 0) is 37.4 Å². The van der Waals surface area contributed by atoms with Crippen molar-refractivity contribution in [2.24, 2.45) is 11.3 Å². The van der Waals surface area contributed by atoms with E-state index < -0.39 is 0 Å². The molecule has 0 unspecified atom stereocenters. The van der Waals surface area contributed by atoms with E-state index in [1.54, 1.807) is 12.3 Å². The molecule has 6 nitrogen and oxygen atoms in total. The summed E-state index contributed by atoms with van der Waals surface area (Å²) in [6, 6.07) is 5.38. The Balaban J connectivity index is 1.40. The number of amides is 2. The lowest BCUT2D eigenvalue weighted by molar-refractivity contribution is -0.146. The van der Waals surface area contributed by atoms with Crippen LogP contribution in [0.2, 0.25) is 0 Å². The fraction of sp³-hybridized carbons (Fsp3) is 0.632. The predicted octanol–water partition coefficient (Wildman–Crippen LogP) is 1.15. The molecule has 0 bridgehead atoms. The van der Waals surface area contributed by atoms with E-state index in [2.05, 4.69) is 10.3 Å². The number of rotatable bonds is 2. The number of pyridine rings is 1. The van der Waals surface area contributed by atoms with Crippen LogP contribution in [0.4, 0.5) is 0 Å². The lowest BCUT2D eigenvalue weighted by Crippen LogP contribution is -2.56. The van der Waals surface area contributed by atoms with Gasteiger partial charge in [-0.2, -0.15) is 0 Å². The summed E-state index contributed by atoms with van der Waals surface area (Å²) in [4.78, 5) is 33.7. The minimum Gasteiger partial charge on any atom is -0.339 e. The number of hydrogen-bond acceptors (Lipinski definition) is 4. The van der Waals surface area contributed by atoms with Gasteiger partial charge < -0.3 is 15.1 Å². The maximum Gasteiger partial charge on any atom is 0.272 e. The normalized spacial score (nSPS) is 29.4. The maximum atomic E-state index is 13.3. The molecule has 134 valence electrons. The highest BCUT2D eigenvalue weighted by molar-refractivity contribution is 5.92. The second-order valence-corrected chi connectivity index (χ2v) is 7.53. The molecule has 1 N–H and O–H groups in total. The van der Waals surface area contributed by atoms with E-state index in [1.807, 2.05) is 21.9 Å². The quantitative estimate of drug-likeness (QED) is 0.875. The Morgan fingerprint density at radius 3 is 2.68 bits per heavy atom. The van der Waals surface area contributed by atoms with E-state index in [9.17, 15) is 9.59 Å². The van der Waals surface area contributed by atoms with Crippen molar-refractivity contribution in [2.45, 2.75) is 25.7 Å². The summed E-state index contributed by atoms with van der Waals surface area (Å²) in [6.45, 7) is 4.25. The summed E-state index contributed by atoms with van der Waals surface area (Å²) in [5.41, 5.74) is 0.291. The van der Waals surface area contributed by atoms with Gasteiger partial charge in [0.15, 0.2) is 0 Å². The Kier molecular flexibility index (Phi) is 4.46. The standard InChI is InChI=1S/C19H26N4O2/c24-17(16-6-2-4-8-21-16)22-9-11-23(12-10-22)18(25)19-7-3-1-5-15(19)13-20-14-19/h2,4,6,8,15,20H,1,3,5,7,9-14H2/t15-,19+/m0/s1. The van der Waals surface area contributed by atoms with Crippen molar-refractivity contribution in [3.8, 4) is 0 Å². The number of hydrogen-bond donors (Lipinski definition) is 1. The molecule has 3 fully saturated rings. The van der Waals surface area contributed by atoms with Gasteiger partial charge in [-0.3, -0.25) is 14.6 Å². The first kappa shape index (κ1) is 16.5. The number of carbonyl (C=O) groups is 2. The molecule has 0 aromatic carbocycles. The summed E-state index contributed by atoms with van der Waals surface area (Å²) in [7, 11) is 0. The summed E-state index contributed by atoms with van der Waals surface area (Å²) < 4.78 is 0. The van der Waals surface area contributed by atoms with Crippen LogP contribution in [0.15, 0.2) is 24.4 Å². The van der Waals surface area contributed by atoms with Crippen LogP contribution >= 0.6 is 0 Å². The van der Waals surface area contributed by atoms with Gasteiger partial charge >= 0.3 is 0 Å². The largest absolute Gasteiger partial charge is 0.339 e. The molecule has 2 atom stereocenters. The van der Waals surface area contributed by atoms with Crippen LogP contribution in [0.3, 0.4) is 0 Å². The molecular weight excluding hydrogens is 316 g/mol. The van der Waals surface area contributed by atoms with Crippen LogP contribution < -0.4 is 5.32 Å². The molecule has 3 aliphatic rings. The molecule has 0 radical (unpaired) electrons. The predicted molar refractivity (Wildman–Crippen MR) is 94.0 cm³/mol. The van der Waals surface area contributed by atoms with Crippen LogP contribution in [0.5, 0.6) is 0 Å². The van der Waals surface area contributed by atoms with Crippen molar-refractivity contribution in [1.82, 2.24) is 20.1 Å². The molecule has 1 saturated carbocycles. The third-order valence-electron chi connectivity index (χ3n) is 6.20. The van der Waals surface area contributed by atoms with Gasteiger partial charge in [-0.25, -0.2) is 0 Å². The lowest BCUT2D eigenvalue weighted by atomic mass is 9.67. The lowest BCUT2D eigenvalue weighted by Gasteiger charge is -2.43. The number of piperazine rings is 1. The summed E-state index contributed by atoms with van der Waals surface area (Å²) in [6.07, 6.45) is 6.21. The fourth-order valence-corrected chi connectivity index (χ4v) is 4.75. The Hall–Kier alpha value is -1.95. The van der Waals surface area contributed by atoms with Crippen LogP contribution in [-0.4, -0.2) is 65.9 Å². The van der Waals surface area contributed by atoms with E-state index in [-0.39, 0.29) is 11.3 Å². The second kappa shape index (κ2) is 6.75. The number of carbonyl (C=O) groups excluding carboxylic acids is 2. The summed E-state index contributed by atoms with van der Waals surface area (Å²) in [5.74, 6) is 0.762. The Morgan fingerprint density at radius 2 is 1.92 bits per heavy atom. The van der Waals surface area contributed by atoms with Crippen molar-refractivity contribution in [2.75, 3.05) is 39.3 Å². The number of aromatic nitrogens is 1. The molecular formula is C19H26N4O2. The molecule has 1 aromatic heterocycles. The molecule has 6 heteroatoms. The smallest absolute Gasteiger partial charge is 0.272 e. The van der Waals surface area contributed by atoms with Gasteiger partial charge in [-0.1, -0.05) is 18.9 Å². The zero-order valence-electron chi connectivity index (χ0n) is 14.6. The molecule has 1 aliphatic carbocycles. The molecule has 25 heavy (non-hydrogen) atoms. The van der Waals surface area contributed by atoms with Crippen LogP contribution in [-0.2, 0) is 4.79 Å². The van der Waals surface area contributed by atoms with Gasteiger partial charge in [0.25, 0.3) is 5.91 Å². The molecule has 3 heterocycles. The van der Waals surface area contributed by atoms with E-state index in [1.165, 1.54) is 6.42 Å². The maximum absolute atomic E-state index is 13.3. The fourth-order valence-electron chi connectivity index (χ4n) is 4.75. The van der Waals surface area contributed by atoms with E-state index in [0.29, 0.717) is 43.7 Å². The average Bonchev–Trinajstić information content (AvgIpc) is 3.13. The molecule has 2 amide bonds. The number of fused-ring (bicyclic) bond motifs is 1. The third-order valence-corrected chi connectivity index (χ3v) is 6.20. The first-order chi connectivity index (χ1) is 12.2. The van der Waals surface area contributed by atoms with Crippen molar-refractivity contribution in [3.63, 3.8) is 0 Å². The zero-order valence-corrected chi connectivity index (χ0v) is 14.6. The monoisotopic (exact) mass is 342 g/mol. The minimum atomic E-state index is -0.189. The van der Waals surface area contributed by atoms with Gasteiger partial charge in [0, 0.05) is 38.9 Å². The SMILES string of the molecule is O=C(c1ccccn1)N1CCN(C(=O)[C@@]23CCCC[C@H]2CNC3)CC1. The molecule has 4 rings (SSSR count). The molecule has 2 aliphatic heterocycles.